The lowest BCUT2D eigenvalue weighted by Gasteiger charge is -2.37. The molecule has 0 bridgehead atoms. The van der Waals surface area contributed by atoms with Gasteiger partial charge in [0.2, 0.25) is 0 Å². The highest BCUT2D eigenvalue weighted by Gasteiger charge is 2.54. The summed E-state index contributed by atoms with van der Waals surface area (Å²) in [7, 11) is 0. The molecule has 1 aliphatic carbocycles. The number of carbonyl (C=O) groups is 1. The molecule has 0 aromatic rings. The van der Waals surface area contributed by atoms with Crippen molar-refractivity contribution in [2.24, 2.45) is 5.41 Å². The van der Waals surface area contributed by atoms with Gasteiger partial charge in [-0.15, -0.1) is 0 Å². The minimum atomic E-state index is -0.0301. The summed E-state index contributed by atoms with van der Waals surface area (Å²) in [5.41, 5.74) is 0.233. The summed E-state index contributed by atoms with van der Waals surface area (Å²) < 4.78 is 5.22. The maximum atomic E-state index is 10.8. The third-order valence-electron chi connectivity index (χ3n) is 2.46. The van der Waals surface area contributed by atoms with Crippen molar-refractivity contribution in [2.75, 3.05) is 6.61 Å². The number of hydrogen-bond acceptors (Lipinski definition) is 2. The molecule has 2 fully saturated rings. The summed E-state index contributed by atoms with van der Waals surface area (Å²) in [6, 6.07) is 0. The molecule has 2 nitrogen and oxygen atoms in total. The summed E-state index contributed by atoms with van der Waals surface area (Å²) in [4.78, 5) is 10.8. The second-order valence-corrected chi connectivity index (χ2v) is 3.30. The number of ketones is 1. The average Bonchev–Trinajstić information content (AvgIpc) is 2.06. The Hall–Kier alpha value is -0.370. The maximum Gasteiger partial charge on any atom is 0.162 e. The molecule has 1 saturated carbocycles. The highest BCUT2D eigenvalue weighted by molar-refractivity contribution is 5.91. The molecule has 2 atom stereocenters. The van der Waals surface area contributed by atoms with Crippen LogP contribution >= 0.6 is 0 Å². The van der Waals surface area contributed by atoms with Gasteiger partial charge in [-0.3, -0.25) is 4.79 Å². The van der Waals surface area contributed by atoms with Crippen LogP contribution in [0.5, 0.6) is 0 Å². The highest BCUT2D eigenvalue weighted by atomic mass is 16.5. The summed E-state index contributed by atoms with van der Waals surface area (Å²) in [5, 5.41) is 0. The van der Waals surface area contributed by atoms with Crippen LogP contribution in [0, 0.1) is 5.41 Å². The van der Waals surface area contributed by atoms with Gasteiger partial charge < -0.3 is 4.74 Å². The first-order valence-electron chi connectivity index (χ1n) is 3.37. The first-order chi connectivity index (χ1) is 4.22. The molecular formula is C7H10O2. The Morgan fingerprint density at radius 2 is 2.56 bits per heavy atom. The topological polar surface area (TPSA) is 26.3 Å². The van der Waals surface area contributed by atoms with Gasteiger partial charge in [0.1, 0.15) is 6.10 Å². The number of ether oxygens (including phenoxy) is 1. The van der Waals surface area contributed by atoms with Gasteiger partial charge in [0.05, 0.1) is 0 Å². The van der Waals surface area contributed by atoms with Crippen LogP contribution in [0.2, 0.25) is 0 Å². The third-order valence-corrected chi connectivity index (χ3v) is 2.46. The Kier molecular flexibility index (Phi) is 0.826. The van der Waals surface area contributed by atoms with Crippen LogP contribution in [0.15, 0.2) is 0 Å². The van der Waals surface area contributed by atoms with Crippen LogP contribution in [-0.4, -0.2) is 18.5 Å². The smallest absolute Gasteiger partial charge is 0.162 e. The number of Topliss-reactive ketones (excluding diaryl/α,β-unsaturated/α-hetero) is 1. The zero-order valence-electron chi connectivity index (χ0n) is 5.52. The summed E-state index contributed by atoms with van der Waals surface area (Å²) in [5.74, 6) is 0.301. The van der Waals surface area contributed by atoms with Crippen LogP contribution < -0.4 is 0 Å². The van der Waals surface area contributed by atoms with Gasteiger partial charge >= 0.3 is 0 Å². The molecule has 0 amide bonds. The highest BCUT2D eigenvalue weighted by Crippen LogP contribution is 2.47. The molecular weight excluding hydrogens is 116 g/mol. The standard InChI is InChI=1S/C7H10O2/c1-7-2-3-9-6(7)5(8)4-7/h6H,2-4H2,1H3. The van der Waals surface area contributed by atoms with Crippen molar-refractivity contribution in [1.82, 2.24) is 0 Å². The van der Waals surface area contributed by atoms with Crippen molar-refractivity contribution in [3.63, 3.8) is 0 Å². The fraction of sp³-hybridized carbons (Fsp3) is 0.857. The lowest BCUT2D eigenvalue weighted by Crippen LogP contribution is -2.48. The van der Waals surface area contributed by atoms with Gasteiger partial charge in [-0.2, -0.15) is 0 Å². The molecule has 50 valence electrons. The summed E-state index contributed by atoms with van der Waals surface area (Å²) >= 11 is 0. The Labute approximate surface area is 54.2 Å². The Bertz CT molecular complexity index is 164. The van der Waals surface area contributed by atoms with E-state index in [1.807, 2.05) is 0 Å². The molecule has 2 unspecified atom stereocenters. The summed E-state index contributed by atoms with van der Waals surface area (Å²) in [6.45, 7) is 2.92. The van der Waals surface area contributed by atoms with E-state index < -0.39 is 0 Å². The van der Waals surface area contributed by atoms with Gasteiger partial charge in [-0.25, -0.2) is 0 Å². The molecule has 0 aromatic carbocycles. The molecule has 9 heavy (non-hydrogen) atoms. The van der Waals surface area contributed by atoms with Gasteiger partial charge in [-0.05, 0) is 6.42 Å². The third kappa shape index (κ3) is 0.517. The molecule has 2 heteroatoms. The fourth-order valence-corrected chi connectivity index (χ4v) is 1.76. The molecule has 2 aliphatic rings. The zero-order valence-corrected chi connectivity index (χ0v) is 5.52. The Morgan fingerprint density at radius 3 is 3.00 bits per heavy atom. The fourth-order valence-electron chi connectivity index (χ4n) is 1.76. The van der Waals surface area contributed by atoms with E-state index in [0.717, 1.165) is 19.4 Å². The van der Waals surface area contributed by atoms with Gasteiger partial charge in [-0.1, -0.05) is 6.92 Å². The molecule has 1 heterocycles. The zero-order chi connectivity index (χ0) is 6.48. The van der Waals surface area contributed by atoms with Crippen LogP contribution in [0.25, 0.3) is 0 Å². The van der Waals surface area contributed by atoms with Crippen molar-refractivity contribution >= 4 is 5.78 Å². The van der Waals surface area contributed by atoms with E-state index in [2.05, 4.69) is 6.92 Å². The number of carbonyl (C=O) groups excluding carboxylic acids is 1. The van der Waals surface area contributed by atoms with Crippen molar-refractivity contribution < 1.29 is 9.53 Å². The lowest BCUT2D eigenvalue weighted by molar-refractivity contribution is -0.146. The van der Waals surface area contributed by atoms with Crippen LogP contribution in [0.3, 0.4) is 0 Å². The predicted molar refractivity (Wildman–Crippen MR) is 32.1 cm³/mol. The van der Waals surface area contributed by atoms with E-state index >= 15 is 0 Å². The first-order valence-corrected chi connectivity index (χ1v) is 3.37. The van der Waals surface area contributed by atoms with Gasteiger partial charge in [0.25, 0.3) is 0 Å². The van der Waals surface area contributed by atoms with Gasteiger partial charge in [0.15, 0.2) is 5.78 Å². The minimum Gasteiger partial charge on any atom is -0.370 e. The van der Waals surface area contributed by atoms with Crippen molar-refractivity contribution in [2.45, 2.75) is 25.9 Å². The van der Waals surface area contributed by atoms with E-state index in [-0.39, 0.29) is 11.5 Å². The first kappa shape index (κ1) is 5.42. The van der Waals surface area contributed by atoms with Crippen LogP contribution in [0.4, 0.5) is 0 Å². The average molecular weight is 126 g/mol. The molecule has 2 rings (SSSR count). The Morgan fingerprint density at radius 1 is 1.78 bits per heavy atom. The molecule has 1 saturated heterocycles. The maximum absolute atomic E-state index is 10.8. The van der Waals surface area contributed by atoms with E-state index in [0.29, 0.717) is 5.78 Å². The van der Waals surface area contributed by atoms with E-state index in [4.69, 9.17) is 4.74 Å². The van der Waals surface area contributed by atoms with Crippen molar-refractivity contribution in [3.8, 4) is 0 Å². The SMILES string of the molecule is CC12CCOC1C(=O)C2. The van der Waals surface area contributed by atoms with Crippen LogP contribution in [0.1, 0.15) is 19.8 Å². The predicted octanol–water partition coefficient (Wildman–Crippen LogP) is 0.754. The monoisotopic (exact) mass is 126 g/mol. The van der Waals surface area contributed by atoms with Crippen molar-refractivity contribution in [1.29, 1.82) is 0 Å². The quantitative estimate of drug-likeness (QED) is 0.479. The molecule has 0 spiro atoms. The van der Waals surface area contributed by atoms with Crippen molar-refractivity contribution in [3.05, 3.63) is 0 Å². The number of fused-ring (bicyclic) bond motifs is 1. The van der Waals surface area contributed by atoms with Crippen LogP contribution in [-0.2, 0) is 9.53 Å². The molecule has 0 N–H and O–H groups in total. The number of rotatable bonds is 0. The second-order valence-electron chi connectivity index (χ2n) is 3.30. The Balaban J connectivity index is 2.21. The number of hydrogen-bond donors (Lipinski definition) is 0. The lowest BCUT2D eigenvalue weighted by atomic mass is 9.66. The van der Waals surface area contributed by atoms with E-state index in [1.54, 1.807) is 0 Å². The minimum absolute atomic E-state index is 0.0301. The molecule has 0 radical (unpaired) electrons. The normalized spacial score (nSPS) is 48.6. The van der Waals surface area contributed by atoms with E-state index in [9.17, 15) is 4.79 Å². The van der Waals surface area contributed by atoms with Gasteiger partial charge in [0, 0.05) is 18.4 Å². The van der Waals surface area contributed by atoms with E-state index in [1.165, 1.54) is 0 Å². The molecule has 1 aliphatic heterocycles. The molecule has 0 aromatic heterocycles. The summed E-state index contributed by atoms with van der Waals surface area (Å²) in [6.07, 6.45) is 1.79. The second kappa shape index (κ2) is 1.37. The largest absolute Gasteiger partial charge is 0.370 e.